The summed E-state index contributed by atoms with van der Waals surface area (Å²) in [6.45, 7) is 1.67. The summed E-state index contributed by atoms with van der Waals surface area (Å²) in [6.07, 6.45) is 3.89. The number of ether oxygens (including phenoxy) is 2. The standard InChI is InChI=1S/C21H19ClN2O6/c1-10-15-18(23-30-10)17-13(22)5-4-6-14(17)24(19(15)25)12-8-7-11(9-12)16(20(26)28-2)21(27)29-3/h4-8,11-12,16H,9H2,1-3H3. The summed E-state index contributed by atoms with van der Waals surface area (Å²) < 4.78 is 16.4. The van der Waals surface area contributed by atoms with Crippen molar-refractivity contribution in [2.24, 2.45) is 11.8 Å². The number of allylic oxidation sites excluding steroid dienone is 2. The average molecular weight is 431 g/mol. The fourth-order valence-electron chi connectivity index (χ4n) is 4.15. The Kier molecular flexibility index (Phi) is 5.11. The summed E-state index contributed by atoms with van der Waals surface area (Å²) >= 11 is 6.44. The predicted octanol–water partition coefficient (Wildman–Crippen LogP) is 3.18. The normalized spacial score (nSPS) is 18.4. The predicted molar refractivity (Wildman–Crippen MR) is 109 cm³/mol. The minimum absolute atomic E-state index is 0.276. The molecule has 2 heterocycles. The molecule has 2 aromatic heterocycles. The van der Waals surface area contributed by atoms with Crippen molar-refractivity contribution in [2.75, 3.05) is 14.2 Å². The van der Waals surface area contributed by atoms with E-state index >= 15 is 0 Å². The van der Waals surface area contributed by atoms with Crippen molar-refractivity contribution in [3.05, 3.63) is 51.5 Å². The first kappa shape index (κ1) is 20.2. The monoisotopic (exact) mass is 430 g/mol. The van der Waals surface area contributed by atoms with Crippen LogP contribution in [0.25, 0.3) is 21.8 Å². The molecule has 0 amide bonds. The number of methoxy groups -OCH3 is 2. The summed E-state index contributed by atoms with van der Waals surface area (Å²) in [7, 11) is 2.44. The molecule has 0 spiro atoms. The molecule has 4 rings (SSSR count). The van der Waals surface area contributed by atoms with Crippen molar-refractivity contribution in [2.45, 2.75) is 19.4 Å². The maximum absolute atomic E-state index is 13.4. The smallest absolute Gasteiger partial charge is 0.320 e. The van der Waals surface area contributed by atoms with Gasteiger partial charge in [-0.3, -0.25) is 14.4 Å². The van der Waals surface area contributed by atoms with Crippen LogP contribution in [0.15, 0.2) is 39.7 Å². The van der Waals surface area contributed by atoms with E-state index in [-0.39, 0.29) is 5.56 Å². The Hall–Kier alpha value is -3.13. The first-order valence-electron chi connectivity index (χ1n) is 9.31. The third-order valence-electron chi connectivity index (χ3n) is 5.55. The van der Waals surface area contributed by atoms with Gasteiger partial charge < -0.3 is 18.6 Å². The molecule has 30 heavy (non-hydrogen) atoms. The van der Waals surface area contributed by atoms with Gasteiger partial charge in [-0.25, -0.2) is 0 Å². The van der Waals surface area contributed by atoms with E-state index < -0.39 is 29.8 Å². The molecule has 0 fully saturated rings. The minimum Gasteiger partial charge on any atom is -0.468 e. The van der Waals surface area contributed by atoms with Crippen LogP contribution < -0.4 is 5.56 Å². The van der Waals surface area contributed by atoms with Crippen molar-refractivity contribution in [1.82, 2.24) is 9.72 Å². The number of carbonyl (C=O) groups excluding carboxylic acids is 2. The second-order valence-corrected chi connectivity index (χ2v) is 7.55. The topological polar surface area (TPSA) is 101 Å². The zero-order valence-corrected chi connectivity index (χ0v) is 17.3. The number of fused-ring (bicyclic) bond motifs is 3. The summed E-state index contributed by atoms with van der Waals surface area (Å²) in [5, 5.41) is 5.44. The molecule has 2 atom stereocenters. The fourth-order valence-corrected chi connectivity index (χ4v) is 4.41. The molecule has 0 N–H and O–H groups in total. The van der Waals surface area contributed by atoms with Gasteiger partial charge in [0.2, 0.25) is 0 Å². The lowest BCUT2D eigenvalue weighted by Gasteiger charge is -2.21. The summed E-state index contributed by atoms with van der Waals surface area (Å²) in [5.41, 5.74) is 0.729. The number of aryl methyl sites for hydroxylation is 1. The second-order valence-electron chi connectivity index (χ2n) is 7.15. The lowest BCUT2D eigenvalue weighted by Crippen LogP contribution is -2.33. The van der Waals surface area contributed by atoms with Crippen LogP contribution in [0.3, 0.4) is 0 Å². The first-order chi connectivity index (χ1) is 14.4. The largest absolute Gasteiger partial charge is 0.468 e. The Bertz CT molecular complexity index is 1240. The Morgan fingerprint density at radius 3 is 2.57 bits per heavy atom. The number of esters is 2. The van der Waals surface area contributed by atoms with Gasteiger partial charge in [-0.2, -0.15) is 0 Å². The van der Waals surface area contributed by atoms with Gasteiger partial charge >= 0.3 is 11.9 Å². The van der Waals surface area contributed by atoms with Crippen molar-refractivity contribution in [3.63, 3.8) is 0 Å². The van der Waals surface area contributed by atoms with Crippen LogP contribution in [0.4, 0.5) is 0 Å². The molecule has 0 bridgehead atoms. The fraction of sp³-hybridized carbons (Fsp3) is 0.333. The van der Waals surface area contributed by atoms with Gasteiger partial charge in [0.25, 0.3) is 5.56 Å². The molecule has 0 saturated heterocycles. The van der Waals surface area contributed by atoms with E-state index in [1.807, 2.05) is 0 Å². The van der Waals surface area contributed by atoms with Gasteiger partial charge in [-0.1, -0.05) is 35.0 Å². The summed E-state index contributed by atoms with van der Waals surface area (Å²) in [6, 6.07) is 4.85. The highest BCUT2D eigenvalue weighted by Gasteiger charge is 2.39. The Morgan fingerprint density at radius 1 is 1.20 bits per heavy atom. The zero-order chi connectivity index (χ0) is 21.6. The first-order valence-corrected chi connectivity index (χ1v) is 9.69. The minimum atomic E-state index is -1.10. The molecule has 0 saturated carbocycles. The number of carbonyl (C=O) groups is 2. The van der Waals surface area contributed by atoms with Gasteiger partial charge in [0.1, 0.15) is 16.7 Å². The maximum atomic E-state index is 13.4. The molecular weight excluding hydrogens is 412 g/mol. The molecule has 156 valence electrons. The number of nitrogens with zero attached hydrogens (tertiary/aromatic N) is 2. The zero-order valence-electron chi connectivity index (χ0n) is 16.5. The highest BCUT2D eigenvalue weighted by molar-refractivity contribution is 6.37. The van der Waals surface area contributed by atoms with E-state index in [0.717, 1.165) is 0 Å². The maximum Gasteiger partial charge on any atom is 0.320 e. The summed E-state index contributed by atoms with van der Waals surface area (Å²) in [4.78, 5) is 37.8. The van der Waals surface area contributed by atoms with E-state index in [0.29, 0.717) is 39.0 Å². The molecular formula is C21H19ClN2O6. The van der Waals surface area contributed by atoms with Crippen LogP contribution in [0.2, 0.25) is 5.02 Å². The number of rotatable bonds is 4. The van der Waals surface area contributed by atoms with Gasteiger partial charge in [0.05, 0.1) is 30.8 Å². The molecule has 1 aromatic carbocycles. The SMILES string of the molecule is COC(=O)C(C(=O)OC)C1C=CC(n2c(=O)c3c(C)onc3c3c(Cl)cccc32)C1. The Labute approximate surface area is 176 Å². The lowest BCUT2D eigenvalue weighted by atomic mass is 9.91. The van der Waals surface area contributed by atoms with E-state index in [4.69, 9.17) is 25.6 Å². The van der Waals surface area contributed by atoms with Crippen LogP contribution in [-0.2, 0) is 19.1 Å². The van der Waals surface area contributed by atoms with E-state index in [2.05, 4.69) is 5.16 Å². The van der Waals surface area contributed by atoms with Crippen molar-refractivity contribution in [3.8, 4) is 0 Å². The van der Waals surface area contributed by atoms with Gasteiger partial charge in [0, 0.05) is 11.3 Å². The summed E-state index contributed by atoms with van der Waals surface area (Å²) in [5.74, 6) is -2.54. The molecule has 1 aliphatic rings. The number of aromatic nitrogens is 2. The Balaban J connectivity index is 1.86. The Morgan fingerprint density at radius 2 is 1.90 bits per heavy atom. The van der Waals surface area contributed by atoms with Crippen molar-refractivity contribution in [1.29, 1.82) is 0 Å². The second kappa shape index (κ2) is 7.60. The number of halogens is 1. The van der Waals surface area contributed by atoms with Crippen molar-refractivity contribution < 1.29 is 23.6 Å². The van der Waals surface area contributed by atoms with Gasteiger partial charge in [-0.15, -0.1) is 0 Å². The molecule has 2 unspecified atom stereocenters. The number of benzene rings is 1. The van der Waals surface area contributed by atoms with E-state index in [1.165, 1.54) is 14.2 Å². The molecule has 9 heteroatoms. The van der Waals surface area contributed by atoms with Gasteiger partial charge in [-0.05, 0) is 25.5 Å². The molecule has 8 nitrogen and oxygen atoms in total. The number of hydrogen-bond acceptors (Lipinski definition) is 7. The molecule has 0 radical (unpaired) electrons. The highest BCUT2D eigenvalue weighted by atomic mass is 35.5. The quantitative estimate of drug-likeness (QED) is 0.356. The van der Waals surface area contributed by atoms with Gasteiger partial charge in [0.15, 0.2) is 5.92 Å². The van der Waals surface area contributed by atoms with E-state index in [9.17, 15) is 14.4 Å². The van der Waals surface area contributed by atoms with Crippen LogP contribution in [0.5, 0.6) is 0 Å². The molecule has 0 aliphatic heterocycles. The van der Waals surface area contributed by atoms with E-state index in [1.54, 1.807) is 41.8 Å². The highest BCUT2D eigenvalue weighted by Crippen LogP contribution is 2.37. The average Bonchev–Trinajstić information content (AvgIpc) is 3.35. The van der Waals surface area contributed by atoms with Crippen LogP contribution in [0, 0.1) is 18.8 Å². The van der Waals surface area contributed by atoms with Crippen LogP contribution >= 0.6 is 11.6 Å². The third-order valence-corrected chi connectivity index (χ3v) is 5.86. The molecule has 3 aromatic rings. The third kappa shape index (κ3) is 2.99. The van der Waals surface area contributed by atoms with Crippen molar-refractivity contribution >= 4 is 45.3 Å². The van der Waals surface area contributed by atoms with Crippen LogP contribution in [0.1, 0.15) is 18.2 Å². The van der Waals surface area contributed by atoms with Crippen LogP contribution in [-0.4, -0.2) is 35.9 Å². The number of pyridine rings is 1. The lowest BCUT2D eigenvalue weighted by molar-refractivity contribution is -0.160. The number of hydrogen-bond donors (Lipinski definition) is 0. The molecule has 1 aliphatic carbocycles.